The molecule has 3 aromatic carbocycles. The van der Waals surface area contributed by atoms with Crippen LogP contribution in [0.4, 0.5) is 5.82 Å². The zero-order chi connectivity index (χ0) is 28.2. The minimum absolute atomic E-state index is 0.0173. The summed E-state index contributed by atoms with van der Waals surface area (Å²) < 4.78 is 1.92. The van der Waals surface area contributed by atoms with E-state index in [0.29, 0.717) is 29.4 Å². The summed E-state index contributed by atoms with van der Waals surface area (Å²) in [5, 5.41) is 14.8. The molecular formula is C33H31Cl2N5O. The number of fused-ring (bicyclic) bond motifs is 2. The molecule has 0 aliphatic carbocycles. The number of carbonyl (C=O) groups excluding carboxylic acids is 1. The minimum atomic E-state index is 0.0173. The largest absolute Gasteiger partial charge is 0.370 e. The molecule has 0 atom stereocenters. The number of aryl methyl sites for hydroxylation is 3. The lowest BCUT2D eigenvalue weighted by molar-refractivity contribution is -0.121. The normalized spacial score (nSPS) is 12.6. The quantitative estimate of drug-likeness (QED) is 0.177. The van der Waals surface area contributed by atoms with Gasteiger partial charge in [0.2, 0.25) is 5.91 Å². The van der Waals surface area contributed by atoms with Crippen molar-refractivity contribution >= 4 is 45.7 Å². The van der Waals surface area contributed by atoms with Crippen LogP contribution in [-0.4, -0.2) is 33.8 Å². The minimum Gasteiger partial charge on any atom is -0.370 e. The van der Waals surface area contributed by atoms with Crippen LogP contribution in [0.15, 0.2) is 78.9 Å². The molecule has 208 valence electrons. The molecule has 0 fully saturated rings. The Balaban J connectivity index is 1.13. The first-order chi connectivity index (χ1) is 20.0. The number of rotatable bonds is 9. The van der Waals surface area contributed by atoms with E-state index in [-0.39, 0.29) is 5.91 Å². The van der Waals surface area contributed by atoms with Gasteiger partial charge in [-0.15, -0.1) is 0 Å². The highest BCUT2D eigenvalue weighted by Crippen LogP contribution is 2.29. The second-order valence-corrected chi connectivity index (χ2v) is 11.3. The molecule has 6 nitrogen and oxygen atoms in total. The molecule has 2 aromatic heterocycles. The van der Waals surface area contributed by atoms with Crippen LogP contribution in [0.1, 0.15) is 36.2 Å². The number of hydrogen-bond donors (Lipinski definition) is 2. The topological polar surface area (TPSA) is 71.8 Å². The smallest absolute Gasteiger partial charge is 0.220 e. The third-order valence-electron chi connectivity index (χ3n) is 7.41. The zero-order valence-corrected chi connectivity index (χ0v) is 24.2. The molecular weight excluding hydrogens is 553 g/mol. The van der Waals surface area contributed by atoms with Crippen LogP contribution in [-0.2, 0) is 24.1 Å². The molecule has 0 bridgehead atoms. The van der Waals surface area contributed by atoms with Crippen LogP contribution in [0.2, 0.25) is 10.0 Å². The van der Waals surface area contributed by atoms with E-state index < -0.39 is 0 Å². The highest BCUT2D eigenvalue weighted by molar-refractivity contribution is 6.35. The van der Waals surface area contributed by atoms with Crippen molar-refractivity contribution in [3.05, 3.63) is 106 Å². The average molecular weight is 585 g/mol. The SMILES string of the molecule is O=C(CCc1cc(-c2cc(Cl)cc(Cl)c2)nn1-c1ccc2ccccc2c1)NCCCc1ccc2c(n1)NCCC2. The van der Waals surface area contributed by atoms with E-state index in [9.17, 15) is 4.79 Å². The fraction of sp³-hybridized carbons (Fsp3) is 0.242. The van der Waals surface area contributed by atoms with E-state index in [0.717, 1.165) is 77.2 Å². The number of benzene rings is 3. The maximum atomic E-state index is 12.8. The number of carbonyl (C=O) groups is 1. The lowest BCUT2D eigenvalue weighted by atomic mass is 10.1. The van der Waals surface area contributed by atoms with E-state index in [4.69, 9.17) is 33.3 Å². The molecule has 6 rings (SSSR count). The third-order valence-corrected chi connectivity index (χ3v) is 7.85. The molecule has 1 aliphatic heterocycles. The van der Waals surface area contributed by atoms with Gasteiger partial charge in [0.25, 0.3) is 0 Å². The molecule has 41 heavy (non-hydrogen) atoms. The second-order valence-electron chi connectivity index (χ2n) is 10.4. The molecule has 3 heterocycles. The van der Waals surface area contributed by atoms with Crippen molar-refractivity contribution in [3.8, 4) is 16.9 Å². The summed E-state index contributed by atoms with van der Waals surface area (Å²) >= 11 is 12.6. The summed E-state index contributed by atoms with van der Waals surface area (Å²) in [4.78, 5) is 17.6. The summed E-state index contributed by atoms with van der Waals surface area (Å²) in [5.74, 6) is 1.03. The van der Waals surface area contributed by atoms with Gasteiger partial charge in [0.15, 0.2) is 0 Å². The van der Waals surface area contributed by atoms with Crippen molar-refractivity contribution in [2.75, 3.05) is 18.4 Å². The highest BCUT2D eigenvalue weighted by atomic mass is 35.5. The van der Waals surface area contributed by atoms with Crippen molar-refractivity contribution in [2.24, 2.45) is 0 Å². The van der Waals surface area contributed by atoms with Crippen molar-refractivity contribution < 1.29 is 4.79 Å². The van der Waals surface area contributed by atoms with Crippen LogP contribution in [0.3, 0.4) is 0 Å². The number of nitrogens with one attached hydrogen (secondary N) is 2. The summed E-state index contributed by atoms with van der Waals surface area (Å²) in [5.41, 5.74) is 5.81. The fourth-order valence-electron chi connectivity index (χ4n) is 5.31. The molecule has 0 spiro atoms. The Morgan fingerprint density at radius 1 is 0.927 bits per heavy atom. The number of pyridine rings is 1. The molecule has 8 heteroatoms. The number of halogens is 2. The van der Waals surface area contributed by atoms with Crippen molar-refractivity contribution in [1.82, 2.24) is 20.1 Å². The van der Waals surface area contributed by atoms with Gasteiger partial charge in [0, 0.05) is 46.5 Å². The van der Waals surface area contributed by atoms with E-state index >= 15 is 0 Å². The predicted octanol–water partition coefficient (Wildman–Crippen LogP) is 7.43. The van der Waals surface area contributed by atoms with Crippen LogP contribution in [0.5, 0.6) is 0 Å². The highest BCUT2D eigenvalue weighted by Gasteiger charge is 2.15. The summed E-state index contributed by atoms with van der Waals surface area (Å²) in [6, 6.07) is 26.2. The van der Waals surface area contributed by atoms with E-state index in [1.54, 1.807) is 6.07 Å². The molecule has 5 aromatic rings. The fourth-order valence-corrected chi connectivity index (χ4v) is 5.83. The standard InChI is InChI=1S/C33H31Cl2N5O/c34-26-17-25(18-27(35)20-26)31-21-30(40(39-31)29-12-10-22-5-1-2-6-24(22)19-29)13-14-32(41)36-15-4-8-28-11-9-23-7-3-16-37-33(23)38-28/h1-2,5-6,9-12,17-21H,3-4,7-8,13-16H2,(H,36,41)(H,37,38). The first-order valence-corrected chi connectivity index (χ1v) is 14.8. The van der Waals surface area contributed by atoms with Gasteiger partial charge in [-0.25, -0.2) is 9.67 Å². The predicted molar refractivity (Wildman–Crippen MR) is 167 cm³/mol. The first kappa shape index (κ1) is 27.3. The summed E-state index contributed by atoms with van der Waals surface area (Å²) in [6.07, 6.45) is 4.80. The van der Waals surface area contributed by atoms with Crippen molar-refractivity contribution in [3.63, 3.8) is 0 Å². The molecule has 0 unspecified atom stereocenters. The molecule has 1 amide bonds. The van der Waals surface area contributed by atoms with E-state index in [2.05, 4.69) is 53.1 Å². The van der Waals surface area contributed by atoms with E-state index in [1.807, 2.05) is 35.0 Å². The Bertz CT molecular complexity index is 1690. The molecule has 2 N–H and O–H groups in total. The molecule has 0 saturated carbocycles. The Hall–Kier alpha value is -3.87. The Kier molecular flexibility index (Phi) is 8.21. The van der Waals surface area contributed by atoms with Crippen molar-refractivity contribution in [1.29, 1.82) is 0 Å². The number of amides is 1. The molecule has 0 saturated heterocycles. The lowest BCUT2D eigenvalue weighted by Gasteiger charge is -2.17. The first-order valence-electron chi connectivity index (χ1n) is 14.1. The van der Waals surface area contributed by atoms with Gasteiger partial charge < -0.3 is 10.6 Å². The zero-order valence-electron chi connectivity index (χ0n) is 22.7. The van der Waals surface area contributed by atoms with Gasteiger partial charge in [-0.3, -0.25) is 4.79 Å². The second kappa shape index (κ2) is 12.3. The van der Waals surface area contributed by atoms with Crippen LogP contribution >= 0.6 is 23.2 Å². The van der Waals surface area contributed by atoms with Crippen LogP contribution in [0.25, 0.3) is 27.7 Å². The van der Waals surface area contributed by atoms with Gasteiger partial charge in [-0.05, 0) is 90.9 Å². The van der Waals surface area contributed by atoms with Gasteiger partial charge in [0.05, 0.1) is 11.4 Å². The van der Waals surface area contributed by atoms with Gasteiger partial charge in [0.1, 0.15) is 5.82 Å². The lowest BCUT2D eigenvalue weighted by Crippen LogP contribution is -2.25. The maximum absolute atomic E-state index is 12.8. The third kappa shape index (κ3) is 6.55. The summed E-state index contributed by atoms with van der Waals surface area (Å²) in [6.45, 7) is 1.59. The Labute approximate surface area is 249 Å². The Morgan fingerprint density at radius 3 is 2.61 bits per heavy atom. The maximum Gasteiger partial charge on any atom is 0.220 e. The summed E-state index contributed by atoms with van der Waals surface area (Å²) in [7, 11) is 0. The van der Waals surface area contributed by atoms with Gasteiger partial charge in [-0.2, -0.15) is 5.10 Å². The van der Waals surface area contributed by atoms with Gasteiger partial charge >= 0.3 is 0 Å². The van der Waals surface area contributed by atoms with Crippen LogP contribution < -0.4 is 10.6 Å². The van der Waals surface area contributed by atoms with Crippen molar-refractivity contribution in [2.45, 2.75) is 38.5 Å². The van der Waals surface area contributed by atoms with Gasteiger partial charge in [-0.1, -0.05) is 59.6 Å². The number of aromatic nitrogens is 3. The van der Waals surface area contributed by atoms with Crippen LogP contribution in [0, 0.1) is 0 Å². The Morgan fingerprint density at radius 2 is 1.76 bits per heavy atom. The molecule has 1 aliphatic rings. The number of anilines is 1. The monoisotopic (exact) mass is 583 g/mol. The molecule has 0 radical (unpaired) electrons. The number of hydrogen-bond acceptors (Lipinski definition) is 4. The number of nitrogens with zero attached hydrogens (tertiary/aromatic N) is 3. The average Bonchev–Trinajstić information content (AvgIpc) is 3.42. The van der Waals surface area contributed by atoms with E-state index in [1.165, 1.54) is 5.56 Å².